The topological polar surface area (TPSA) is 38.8 Å². The monoisotopic (exact) mass is 268 g/mol. The van der Waals surface area contributed by atoms with Crippen LogP contribution in [-0.2, 0) is 14.3 Å². The lowest BCUT2D eigenvalue weighted by molar-refractivity contribution is -0.146. The fourth-order valence-corrected chi connectivity index (χ4v) is 3.20. The minimum Gasteiger partial charge on any atom is -0.465 e. The van der Waals surface area contributed by atoms with Crippen LogP contribution in [0.25, 0.3) is 0 Å². The van der Waals surface area contributed by atoms with Crippen molar-refractivity contribution in [2.24, 2.45) is 17.8 Å². The third-order valence-electron chi connectivity index (χ3n) is 4.99. The van der Waals surface area contributed by atoms with E-state index in [-0.39, 0.29) is 5.97 Å². The van der Waals surface area contributed by atoms with Gasteiger partial charge in [-0.2, -0.15) is 0 Å². The Balaban J connectivity index is 1.65. The molecular formula is C16H28O3. The number of hydrogen-bond donors (Lipinski definition) is 0. The van der Waals surface area contributed by atoms with Crippen LogP contribution in [0, 0.1) is 17.8 Å². The summed E-state index contributed by atoms with van der Waals surface area (Å²) < 4.78 is 11.0. The summed E-state index contributed by atoms with van der Waals surface area (Å²) in [5.41, 5.74) is 0. The van der Waals surface area contributed by atoms with E-state index in [0.29, 0.717) is 43.0 Å². The SMILES string of the molecule is CCC(C)C(CC)CC(=O)OCC1CCC2OC2C1. The Bertz CT molecular complexity index is 302. The van der Waals surface area contributed by atoms with Gasteiger partial charge in [0.1, 0.15) is 0 Å². The molecule has 0 aromatic heterocycles. The van der Waals surface area contributed by atoms with Crippen molar-refractivity contribution in [3.05, 3.63) is 0 Å². The molecule has 2 fully saturated rings. The van der Waals surface area contributed by atoms with E-state index >= 15 is 0 Å². The Labute approximate surface area is 117 Å². The van der Waals surface area contributed by atoms with Crippen LogP contribution >= 0.6 is 0 Å². The number of epoxide rings is 1. The maximum absolute atomic E-state index is 11.9. The lowest BCUT2D eigenvalue weighted by atomic mass is 9.87. The molecule has 0 spiro atoms. The van der Waals surface area contributed by atoms with E-state index < -0.39 is 0 Å². The van der Waals surface area contributed by atoms with Gasteiger partial charge in [-0.25, -0.2) is 0 Å². The molecule has 3 nitrogen and oxygen atoms in total. The van der Waals surface area contributed by atoms with Gasteiger partial charge in [0.25, 0.3) is 0 Å². The van der Waals surface area contributed by atoms with Crippen molar-refractivity contribution in [3.8, 4) is 0 Å². The van der Waals surface area contributed by atoms with Crippen LogP contribution in [0.2, 0.25) is 0 Å². The van der Waals surface area contributed by atoms with Gasteiger partial charge in [0.15, 0.2) is 0 Å². The van der Waals surface area contributed by atoms with Crippen LogP contribution in [-0.4, -0.2) is 24.8 Å². The highest BCUT2D eigenvalue weighted by Crippen LogP contribution is 2.39. The number of ether oxygens (including phenoxy) is 2. The van der Waals surface area contributed by atoms with Crippen LogP contribution in [0.1, 0.15) is 59.3 Å². The lowest BCUT2D eigenvalue weighted by Gasteiger charge is -2.22. The standard InChI is InChI=1S/C16H28O3/c1-4-11(3)13(5-2)9-16(17)18-10-12-6-7-14-15(8-12)19-14/h11-15H,4-10H2,1-3H3. The van der Waals surface area contributed by atoms with Gasteiger partial charge in [-0.1, -0.05) is 33.6 Å². The molecule has 110 valence electrons. The minimum atomic E-state index is -0.00834. The summed E-state index contributed by atoms with van der Waals surface area (Å²) >= 11 is 0. The molecule has 1 aliphatic heterocycles. The molecule has 0 aromatic rings. The average molecular weight is 268 g/mol. The number of hydrogen-bond acceptors (Lipinski definition) is 3. The number of fused-ring (bicyclic) bond motifs is 1. The number of carbonyl (C=O) groups excluding carboxylic acids is 1. The first-order valence-corrected chi connectivity index (χ1v) is 7.95. The Kier molecular flexibility index (Phi) is 5.26. The van der Waals surface area contributed by atoms with Crippen molar-refractivity contribution in [1.82, 2.24) is 0 Å². The van der Waals surface area contributed by atoms with Crippen molar-refractivity contribution in [2.75, 3.05) is 6.61 Å². The van der Waals surface area contributed by atoms with E-state index in [2.05, 4.69) is 20.8 Å². The molecule has 2 aliphatic rings. The Morgan fingerprint density at radius 2 is 2.05 bits per heavy atom. The predicted molar refractivity (Wildman–Crippen MR) is 74.8 cm³/mol. The normalized spacial score (nSPS) is 32.3. The molecule has 1 aliphatic carbocycles. The van der Waals surface area contributed by atoms with Crippen LogP contribution in [0.15, 0.2) is 0 Å². The van der Waals surface area contributed by atoms with Gasteiger partial charge >= 0.3 is 5.97 Å². The van der Waals surface area contributed by atoms with Crippen molar-refractivity contribution in [3.63, 3.8) is 0 Å². The summed E-state index contributed by atoms with van der Waals surface area (Å²) in [5.74, 6) is 1.59. The molecule has 0 bridgehead atoms. The van der Waals surface area contributed by atoms with E-state index in [1.807, 2.05) is 0 Å². The zero-order chi connectivity index (χ0) is 13.8. The Hall–Kier alpha value is -0.570. The van der Waals surface area contributed by atoms with Crippen LogP contribution in [0.4, 0.5) is 0 Å². The Morgan fingerprint density at radius 1 is 1.26 bits per heavy atom. The summed E-state index contributed by atoms with van der Waals surface area (Å²) in [5, 5.41) is 0. The highest BCUT2D eigenvalue weighted by Gasteiger charge is 2.44. The summed E-state index contributed by atoms with van der Waals surface area (Å²) in [6.07, 6.45) is 7.16. The fourth-order valence-electron chi connectivity index (χ4n) is 3.20. The molecule has 2 rings (SSSR count). The van der Waals surface area contributed by atoms with Gasteiger partial charge in [-0.3, -0.25) is 4.79 Å². The van der Waals surface area contributed by atoms with Crippen molar-refractivity contribution < 1.29 is 14.3 Å². The van der Waals surface area contributed by atoms with Gasteiger partial charge in [-0.05, 0) is 37.0 Å². The first kappa shape index (κ1) is 14.8. The third kappa shape index (κ3) is 4.20. The van der Waals surface area contributed by atoms with Crippen LogP contribution in [0.5, 0.6) is 0 Å². The van der Waals surface area contributed by atoms with E-state index in [9.17, 15) is 4.79 Å². The molecule has 0 radical (unpaired) electrons. The number of carbonyl (C=O) groups is 1. The van der Waals surface area contributed by atoms with Crippen LogP contribution < -0.4 is 0 Å². The molecule has 0 aromatic carbocycles. The molecule has 1 heterocycles. The molecule has 1 saturated carbocycles. The van der Waals surface area contributed by atoms with Crippen molar-refractivity contribution in [1.29, 1.82) is 0 Å². The maximum Gasteiger partial charge on any atom is 0.306 e. The zero-order valence-corrected chi connectivity index (χ0v) is 12.6. The summed E-state index contributed by atoms with van der Waals surface area (Å²) in [6.45, 7) is 7.18. The second kappa shape index (κ2) is 6.74. The zero-order valence-electron chi connectivity index (χ0n) is 12.6. The molecule has 1 saturated heterocycles. The van der Waals surface area contributed by atoms with Gasteiger partial charge in [0, 0.05) is 6.42 Å². The Morgan fingerprint density at radius 3 is 2.68 bits per heavy atom. The molecule has 5 atom stereocenters. The van der Waals surface area contributed by atoms with Crippen molar-refractivity contribution in [2.45, 2.75) is 71.5 Å². The first-order chi connectivity index (χ1) is 9.13. The van der Waals surface area contributed by atoms with E-state index in [1.165, 1.54) is 0 Å². The minimum absolute atomic E-state index is 0.00834. The van der Waals surface area contributed by atoms with E-state index in [0.717, 1.165) is 32.1 Å². The molecule has 0 amide bonds. The molecule has 3 heteroatoms. The second-order valence-electron chi connectivity index (χ2n) is 6.33. The quantitative estimate of drug-likeness (QED) is 0.523. The van der Waals surface area contributed by atoms with Gasteiger partial charge in [0.2, 0.25) is 0 Å². The highest BCUT2D eigenvalue weighted by atomic mass is 16.6. The summed E-state index contributed by atoms with van der Waals surface area (Å²) in [4.78, 5) is 11.9. The smallest absolute Gasteiger partial charge is 0.306 e. The molecular weight excluding hydrogens is 240 g/mol. The van der Waals surface area contributed by atoms with E-state index in [4.69, 9.17) is 9.47 Å². The predicted octanol–water partition coefficient (Wildman–Crippen LogP) is 3.56. The summed E-state index contributed by atoms with van der Waals surface area (Å²) in [6, 6.07) is 0. The number of esters is 1. The lowest BCUT2D eigenvalue weighted by Crippen LogP contribution is -2.22. The van der Waals surface area contributed by atoms with E-state index in [1.54, 1.807) is 0 Å². The molecule has 5 unspecified atom stereocenters. The van der Waals surface area contributed by atoms with Crippen LogP contribution in [0.3, 0.4) is 0 Å². The number of rotatable bonds is 7. The fraction of sp³-hybridized carbons (Fsp3) is 0.938. The van der Waals surface area contributed by atoms with Gasteiger partial charge in [-0.15, -0.1) is 0 Å². The second-order valence-corrected chi connectivity index (χ2v) is 6.33. The first-order valence-electron chi connectivity index (χ1n) is 7.95. The molecule has 0 N–H and O–H groups in total. The maximum atomic E-state index is 11.9. The average Bonchev–Trinajstić information content (AvgIpc) is 3.20. The van der Waals surface area contributed by atoms with Crippen molar-refractivity contribution >= 4 is 5.97 Å². The third-order valence-corrected chi connectivity index (χ3v) is 4.99. The largest absolute Gasteiger partial charge is 0.465 e. The van der Waals surface area contributed by atoms with Gasteiger partial charge < -0.3 is 9.47 Å². The summed E-state index contributed by atoms with van der Waals surface area (Å²) in [7, 11) is 0. The van der Waals surface area contributed by atoms with Gasteiger partial charge in [0.05, 0.1) is 18.8 Å². The molecule has 19 heavy (non-hydrogen) atoms. The highest BCUT2D eigenvalue weighted by molar-refractivity contribution is 5.69.